The Morgan fingerprint density at radius 1 is 0.926 bits per heavy atom. The second kappa shape index (κ2) is 10.4. The molecule has 0 spiro atoms. The van der Waals surface area contributed by atoms with Crippen LogP contribution in [-0.2, 0) is 14.3 Å². The van der Waals surface area contributed by atoms with Gasteiger partial charge >= 0.3 is 5.97 Å². The Labute approximate surface area is 162 Å². The molecule has 0 unspecified atom stereocenters. The minimum Gasteiger partial charge on any atom is -0.462 e. The monoisotopic (exact) mass is 386 g/mol. The van der Waals surface area contributed by atoms with Crippen molar-refractivity contribution in [1.29, 1.82) is 0 Å². The summed E-state index contributed by atoms with van der Waals surface area (Å²) in [5.41, 5.74) is 2.73. The van der Waals surface area contributed by atoms with Gasteiger partial charge in [-0.1, -0.05) is 23.8 Å². The lowest BCUT2D eigenvalue weighted by atomic mass is 10.2. The SMILES string of the molecule is CCOC(=O)c1cccc(NC(=O)CSCC(=O)Nc2ccc(C)cc2)c1. The quantitative estimate of drug-likeness (QED) is 0.679. The number of benzene rings is 2. The van der Waals surface area contributed by atoms with Crippen molar-refractivity contribution in [3.05, 3.63) is 59.7 Å². The Kier molecular flexibility index (Phi) is 7.88. The summed E-state index contributed by atoms with van der Waals surface area (Å²) in [6, 6.07) is 14.0. The molecule has 27 heavy (non-hydrogen) atoms. The van der Waals surface area contributed by atoms with Crippen molar-refractivity contribution in [2.75, 3.05) is 28.7 Å². The molecule has 0 aliphatic heterocycles. The van der Waals surface area contributed by atoms with Gasteiger partial charge in [0.05, 0.1) is 23.7 Å². The third-order valence-electron chi connectivity index (χ3n) is 3.46. The molecule has 2 aromatic rings. The molecule has 2 rings (SSSR count). The largest absolute Gasteiger partial charge is 0.462 e. The number of aryl methyl sites for hydroxylation is 1. The number of amides is 2. The van der Waals surface area contributed by atoms with Crippen LogP contribution in [0.5, 0.6) is 0 Å². The maximum atomic E-state index is 12.0. The van der Waals surface area contributed by atoms with Gasteiger partial charge in [0, 0.05) is 11.4 Å². The first-order valence-corrected chi connectivity index (χ1v) is 9.64. The van der Waals surface area contributed by atoms with E-state index in [0.29, 0.717) is 11.3 Å². The lowest BCUT2D eigenvalue weighted by Gasteiger charge is -2.08. The summed E-state index contributed by atoms with van der Waals surface area (Å²) < 4.78 is 4.93. The lowest BCUT2D eigenvalue weighted by molar-refractivity contribution is -0.114. The van der Waals surface area contributed by atoms with Gasteiger partial charge in [0.1, 0.15) is 0 Å². The van der Waals surface area contributed by atoms with Gasteiger partial charge < -0.3 is 15.4 Å². The van der Waals surface area contributed by atoms with Crippen LogP contribution in [-0.4, -0.2) is 35.9 Å². The highest BCUT2D eigenvalue weighted by molar-refractivity contribution is 8.00. The summed E-state index contributed by atoms with van der Waals surface area (Å²) in [4.78, 5) is 35.6. The average Bonchev–Trinajstić information content (AvgIpc) is 2.64. The number of anilines is 2. The van der Waals surface area contributed by atoms with Gasteiger partial charge in [0.2, 0.25) is 11.8 Å². The minimum absolute atomic E-state index is 0.130. The zero-order valence-corrected chi connectivity index (χ0v) is 16.1. The van der Waals surface area contributed by atoms with Crippen LogP contribution in [0.15, 0.2) is 48.5 Å². The molecule has 0 radical (unpaired) electrons. The van der Waals surface area contributed by atoms with Gasteiger partial charge in [0.15, 0.2) is 0 Å². The molecule has 2 amide bonds. The molecule has 0 atom stereocenters. The lowest BCUT2D eigenvalue weighted by Crippen LogP contribution is -2.18. The maximum absolute atomic E-state index is 12.0. The average molecular weight is 386 g/mol. The normalized spacial score (nSPS) is 10.1. The van der Waals surface area contributed by atoms with Crippen molar-refractivity contribution in [2.24, 2.45) is 0 Å². The van der Waals surface area contributed by atoms with E-state index in [1.54, 1.807) is 31.2 Å². The number of ether oxygens (including phenoxy) is 1. The van der Waals surface area contributed by atoms with E-state index < -0.39 is 5.97 Å². The molecule has 0 fully saturated rings. The number of hydrogen-bond donors (Lipinski definition) is 2. The molecular weight excluding hydrogens is 364 g/mol. The van der Waals surface area contributed by atoms with Gasteiger partial charge in [0.25, 0.3) is 0 Å². The highest BCUT2D eigenvalue weighted by Crippen LogP contribution is 2.13. The van der Waals surface area contributed by atoms with E-state index in [1.165, 1.54) is 11.8 Å². The summed E-state index contributed by atoms with van der Waals surface area (Å²) in [6.07, 6.45) is 0. The second-order valence-electron chi connectivity index (χ2n) is 5.76. The number of rotatable bonds is 8. The Hall–Kier alpha value is -2.80. The van der Waals surface area contributed by atoms with Crippen LogP contribution in [0.25, 0.3) is 0 Å². The predicted molar refractivity (Wildman–Crippen MR) is 108 cm³/mol. The molecule has 6 nitrogen and oxygen atoms in total. The number of carbonyl (C=O) groups excluding carboxylic acids is 3. The van der Waals surface area contributed by atoms with Crippen LogP contribution < -0.4 is 10.6 Å². The van der Waals surface area contributed by atoms with Crippen LogP contribution in [0.4, 0.5) is 11.4 Å². The molecule has 0 heterocycles. The van der Waals surface area contributed by atoms with Crippen LogP contribution in [0.3, 0.4) is 0 Å². The van der Waals surface area contributed by atoms with Crippen molar-refractivity contribution >= 4 is 40.9 Å². The molecule has 2 aromatic carbocycles. The third kappa shape index (κ3) is 7.15. The Balaban J connectivity index is 1.76. The summed E-state index contributed by atoms with van der Waals surface area (Å²) in [7, 11) is 0. The van der Waals surface area contributed by atoms with Gasteiger partial charge in [-0.3, -0.25) is 9.59 Å². The summed E-state index contributed by atoms with van der Waals surface area (Å²) in [6.45, 7) is 3.99. The minimum atomic E-state index is -0.434. The fourth-order valence-corrected chi connectivity index (χ4v) is 2.82. The first-order chi connectivity index (χ1) is 13.0. The summed E-state index contributed by atoms with van der Waals surface area (Å²) in [5.74, 6) is -0.546. The fraction of sp³-hybridized carbons (Fsp3) is 0.250. The first kappa shape index (κ1) is 20.5. The van der Waals surface area contributed by atoms with E-state index >= 15 is 0 Å². The Bertz CT molecular complexity index is 806. The number of nitrogens with one attached hydrogen (secondary N) is 2. The van der Waals surface area contributed by atoms with Gasteiger partial charge in [-0.25, -0.2) is 4.79 Å². The maximum Gasteiger partial charge on any atom is 0.338 e. The van der Waals surface area contributed by atoms with Crippen molar-refractivity contribution in [1.82, 2.24) is 0 Å². The number of hydrogen-bond acceptors (Lipinski definition) is 5. The van der Waals surface area contributed by atoms with E-state index in [0.717, 1.165) is 11.3 Å². The number of thioether (sulfide) groups is 1. The highest BCUT2D eigenvalue weighted by Gasteiger charge is 2.10. The molecule has 0 saturated carbocycles. The van der Waals surface area contributed by atoms with Gasteiger partial charge in [-0.05, 0) is 44.2 Å². The molecule has 2 N–H and O–H groups in total. The van der Waals surface area contributed by atoms with Crippen molar-refractivity contribution in [2.45, 2.75) is 13.8 Å². The fourth-order valence-electron chi connectivity index (χ4n) is 2.21. The first-order valence-electron chi connectivity index (χ1n) is 8.49. The van der Waals surface area contributed by atoms with Crippen LogP contribution in [0, 0.1) is 6.92 Å². The van der Waals surface area contributed by atoms with E-state index in [9.17, 15) is 14.4 Å². The van der Waals surface area contributed by atoms with Gasteiger partial charge in [-0.2, -0.15) is 0 Å². The molecule has 0 aliphatic rings. The number of esters is 1. The zero-order valence-electron chi connectivity index (χ0n) is 15.3. The van der Waals surface area contributed by atoms with E-state index in [4.69, 9.17) is 4.74 Å². The van der Waals surface area contributed by atoms with Gasteiger partial charge in [-0.15, -0.1) is 11.8 Å². The summed E-state index contributed by atoms with van der Waals surface area (Å²) >= 11 is 1.21. The Morgan fingerprint density at radius 2 is 1.56 bits per heavy atom. The van der Waals surface area contributed by atoms with E-state index in [2.05, 4.69) is 10.6 Å². The number of carbonyl (C=O) groups is 3. The molecular formula is C20H22N2O4S. The standard InChI is InChI=1S/C20H22N2O4S/c1-3-26-20(25)15-5-4-6-17(11-15)22-19(24)13-27-12-18(23)21-16-9-7-14(2)8-10-16/h4-11H,3,12-13H2,1-2H3,(H,21,23)(H,22,24). The van der Waals surface area contributed by atoms with Crippen LogP contribution >= 0.6 is 11.8 Å². The van der Waals surface area contributed by atoms with E-state index in [1.807, 2.05) is 31.2 Å². The Morgan fingerprint density at radius 3 is 2.19 bits per heavy atom. The molecule has 0 aromatic heterocycles. The zero-order chi connectivity index (χ0) is 19.6. The predicted octanol–water partition coefficient (Wildman–Crippen LogP) is 3.48. The molecule has 0 saturated heterocycles. The molecule has 7 heteroatoms. The third-order valence-corrected chi connectivity index (χ3v) is 4.39. The van der Waals surface area contributed by atoms with Crippen LogP contribution in [0.1, 0.15) is 22.8 Å². The molecule has 0 aliphatic carbocycles. The van der Waals surface area contributed by atoms with E-state index in [-0.39, 0.29) is 29.9 Å². The summed E-state index contributed by atoms with van der Waals surface area (Å²) in [5, 5.41) is 5.49. The highest BCUT2D eigenvalue weighted by atomic mass is 32.2. The molecule has 0 bridgehead atoms. The molecule has 142 valence electrons. The van der Waals surface area contributed by atoms with Crippen molar-refractivity contribution < 1.29 is 19.1 Å². The van der Waals surface area contributed by atoms with Crippen LogP contribution in [0.2, 0.25) is 0 Å². The smallest absolute Gasteiger partial charge is 0.338 e. The second-order valence-corrected chi connectivity index (χ2v) is 6.74. The van der Waals surface area contributed by atoms with Crippen molar-refractivity contribution in [3.8, 4) is 0 Å². The topological polar surface area (TPSA) is 84.5 Å². The van der Waals surface area contributed by atoms with Crippen molar-refractivity contribution in [3.63, 3.8) is 0 Å².